The van der Waals surface area contributed by atoms with Crippen LogP contribution < -0.4 is 5.73 Å². The summed E-state index contributed by atoms with van der Waals surface area (Å²) in [6.07, 6.45) is 5.66. The highest BCUT2D eigenvalue weighted by molar-refractivity contribution is 6.30. The Labute approximate surface area is 112 Å². The molecule has 2 rings (SSSR count). The van der Waals surface area contributed by atoms with Crippen molar-refractivity contribution in [1.82, 2.24) is 0 Å². The van der Waals surface area contributed by atoms with Gasteiger partial charge in [0, 0.05) is 6.04 Å². The molecular formula is C14H19ClFNO. The van der Waals surface area contributed by atoms with Crippen LogP contribution in [0.25, 0.3) is 0 Å². The average molecular weight is 272 g/mol. The van der Waals surface area contributed by atoms with Crippen molar-refractivity contribution < 1.29 is 9.13 Å². The van der Waals surface area contributed by atoms with Gasteiger partial charge in [-0.05, 0) is 30.5 Å². The molecule has 0 saturated heterocycles. The fourth-order valence-corrected chi connectivity index (χ4v) is 2.46. The first kappa shape index (κ1) is 13.8. The predicted molar refractivity (Wildman–Crippen MR) is 71.0 cm³/mol. The highest BCUT2D eigenvalue weighted by atomic mass is 35.5. The van der Waals surface area contributed by atoms with Crippen molar-refractivity contribution in [2.24, 2.45) is 5.73 Å². The first-order valence-corrected chi connectivity index (χ1v) is 6.86. The van der Waals surface area contributed by atoms with Gasteiger partial charge < -0.3 is 10.5 Å². The Kier molecular flexibility index (Phi) is 4.98. The Morgan fingerprint density at radius 3 is 2.83 bits per heavy atom. The van der Waals surface area contributed by atoms with Crippen molar-refractivity contribution in [2.45, 2.75) is 50.9 Å². The summed E-state index contributed by atoms with van der Waals surface area (Å²) < 4.78 is 19.1. The van der Waals surface area contributed by atoms with Gasteiger partial charge in [0.05, 0.1) is 17.7 Å². The Hall–Kier alpha value is -0.640. The van der Waals surface area contributed by atoms with Gasteiger partial charge >= 0.3 is 0 Å². The summed E-state index contributed by atoms with van der Waals surface area (Å²) in [7, 11) is 0. The molecule has 2 unspecified atom stereocenters. The topological polar surface area (TPSA) is 35.2 Å². The molecule has 0 spiro atoms. The van der Waals surface area contributed by atoms with Crippen LogP contribution in [0.5, 0.6) is 0 Å². The lowest BCUT2D eigenvalue weighted by molar-refractivity contribution is 0.0193. The highest BCUT2D eigenvalue weighted by Gasteiger charge is 2.20. The monoisotopic (exact) mass is 271 g/mol. The average Bonchev–Trinajstić information content (AvgIpc) is 2.56. The summed E-state index contributed by atoms with van der Waals surface area (Å²) >= 11 is 5.64. The predicted octanol–water partition coefficient (Wildman–Crippen LogP) is 3.66. The Morgan fingerprint density at radius 2 is 2.06 bits per heavy atom. The van der Waals surface area contributed by atoms with Crippen LogP contribution in [0.3, 0.4) is 0 Å². The van der Waals surface area contributed by atoms with Gasteiger partial charge in [0.1, 0.15) is 5.82 Å². The molecule has 0 bridgehead atoms. The van der Waals surface area contributed by atoms with E-state index < -0.39 is 5.82 Å². The van der Waals surface area contributed by atoms with E-state index in [1.165, 1.54) is 18.9 Å². The van der Waals surface area contributed by atoms with Crippen LogP contribution in [-0.4, -0.2) is 12.1 Å². The van der Waals surface area contributed by atoms with E-state index >= 15 is 0 Å². The first-order chi connectivity index (χ1) is 8.66. The van der Waals surface area contributed by atoms with Gasteiger partial charge in [-0.25, -0.2) is 4.39 Å². The molecule has 18 heavy (non-hydrogen) atoms. The van der Waals surface area contributed by atoms with E-state index in [9.17, 15) is 4.39 Å². The lowest BCUT2D eigenvalue weighted by Gasteiger charge is -2.21. The van der Waals surface area contributed by atoms with Crippen LogP contribution in [-0.2, 0) is 11.3 Å². The molecular weight excluding hydrogens is 253 g/mol. The van der Waals surface area contributed by atoms with Crippen LogP contribution in [0.1, 0.15) is 37.7 Å². The molecule has 0 amide bonds. The van der Waals surface area contributed by atoms with Gasteiger partial charge in [-0.15, -0.1) is 0 Å². The minimum absolute atomic E-state index is 0.0891. The van der Waals surface area contributed by atoms with Crippen molar-refractivity contribution >= 4 is 11.6 Å². The molecule has 1 saturated carbocycles. The van der Waals surface area contributed by atoms with E-state index in [0.717, 1.165) is 24.8 Å². The van der Waals surface area contributed by atoms with Crippen LogP contribution in [0.4, 0.5) is 4.39 Å². The fourth-order valence-electron chi connectivity index (χ4n) is 2.34. The Bertz CT molecular complexity index is 399. The molecule has 2 nitrogen and oxygen atoms in total. The van der Waals surface area contributed by atoms with Crippen molar-refractivity contribution in [2.75, 3.05) is 0 Å². The number of ether oxygens (including phenoxy) is 1. The van der Waals surface area contributed by atoms with Crippen molar-refractivity contribution in [3.05, 3.63) is 34.6 Å². The van der Waals surface area contributed by atoms with Crippen LogP contribution in [0.2, 0.25) is 5.02 Å². The Balaban J connectivity index is 1.91. The van der Waals surface area contributed by atoms with Crippen molar-refractivity contribution in [3.63, 3.8) is 0 Å². The number of halogens is 2. The summed E-state index contributed by atoms with van der Waals surface area (Å²) in [6.45, 7) is 0.395. The van der Waals surface area contributed by atoms with Crippen LogP contribution >= 0.6 is 11.6 Å². The second-order valence-corrected chi connectivity index (χ2v) is 5.31. The molecule has 0 heterocycles. The molecule has 2 N–H and O–H groups in total. The zero-order valence-electron chi connectivity index (χ0n) is 10.4. The van der Waals surface area contributed by atoms with E-state index in [1.807, 2.05) is 0 Å². The van der Waals surface area contributed by atoms with E-state index in [1.54, 1.807) is 12.1 Å². The minimum Gasteiger partial charge on any atom is -0.372 e. The van der Waals surface area contributed by atoms with Crippen LogP contribution in [0, 0.1) is 5.82 Å². The smallest absolute Gasteiger partial charge is 0.142 e. The SMILES string of the molecule is NC1CCCCCC1OCc1ccc(Cl)c(F)c1. The molecule has 0 aromatic heterocycles. The van der Waals surface area contributed by atoms with Crippen molar-refractivity contribution in [3.8, 4) is 0 Å². The maximum atomic E-state index is 13.3. The number of nitrogens with two attached hydrogens (primary N) is 1. The van der Waals surface area contributed by atoms with Crippen molar-refractivity contribution in [1.29, 1.82) is 0 Å². The van der Waals surface area contributed by atoms with Crippen LogP contribution in [0.15, 0.2) is 18.2 Å². The van der Waals surface area contributed by atoms with E-state index in [-0.39, 0.29) is 17.2 Å². The molecule has 1 fully saturated rings. The molecule has 1 aromatic rings. The third-order valence-electron chi connectivity index (χ3n) is 3.45. The normalized spacial score (nSPS) is 24.8. The minimum atomic E-state index is -0.400. The van der Waals surface area contributed by atoms with Gasteiger partial charge in [-0.1, -0.05) is 36.9 Å². The fraction of sp³-hybridized carbons (Fsp3) is 0.571. The zero-order chi connectivity index (χ0) is 13.0. The maximum Gasteiger partial charge on any atom is 0.142 e. The maximum absolute atomic E-state index is 13.3. The number of hydrogen-bond donors (Lipinski definition) is 1. The van der Waals surface area contributed by atoms with Gasteiger partial charge in [0.15, 0.2) is 0 Å². The number of hydrogen-bond acceptors (Lipinski definition) is 2. The summed E-state index contributed by atoms with van der Waals surface area (Å²) in [4.78, 5) is 0. The molecule has 1 aromatic carbocycles. The van der Waals surface area contributed by atoms with E-state index in [0.29, 0.717) is 6.61 Å². The molecule has 0 aliphatic heterocycles. The summed E-state index contributed by atoms with van der Waals surface area (Å²) in [5.41, 5.74) is 6.88. The summed E-state index contributed by atoms with van der Waals surface area (Å²) in [6, 6.07) is 4.87. The van der Waals surface area contributed by atoms with Gasteiger partial charge in [0.2, 0.25) is 0 Å². The van der Waals surface area contributed by atoms with Gasteiger partial charge in [0.25, 0.3) is 0 Å². The standard InChI is InChI=1S/C14H19ClFNO/c15-11-7-6-10(8-12(11)16)9-18-14-5-3-1-2-4-13(14)17/h6-8,13-14H,1-5,9,17H2. The largest absolute Gasteiger partial charge is 0.372 e. The highest BCUT2D eigenvalue weighted by Crippen LogP contribution is 2.21. The van der Waals surface area contributed by atoms with Gasteiger partial charge in [-0.3, -0.25) is 0 Å². The number of rotatable bonds is 3. The molecule has 1 aliphatic carbocycles. The second-order valence-electron chi connectivity index (χ2n) is 4.90. The van der Waals surface area contributed by atoms with E-state index in [2.05, 4.69) is 0 Å². The molecule has 4 heteroatoms. The van der Waals surface area contributed by atoms with Gasteiger partial charge in [-0.2, -0.15) is 0 Å². The summed E-state index contributed by atoms with van der Waals surface area (Å²) in [5, 5.41) is 0.143. The molecule has 0 radical (unpaired) electrons. The first-order valence-electron chi connectivity index (χ1n) is 6.48. The van der Waals surface area contributed by atoms with E-state index in [4.69, 9.17) is 22.1 Å². The lowest BCUT2D eigenvalue weighted by Crippen LogP contribution is -2.35. The third kappa shape index (κ3) is 3.67. The number of benzene rings is 1. The molecule has 2 atom stereocenters. The quantitative estimate of drug-likeness (QED) is 0.852. The molecule has 1 aliphatic rings. The zero-order valence-corrected chi connectivity index (χ0v) is 11.1. The molecule has 100 valence electrons. The third-order valence-corrected chi connectivity index (χ3v) is 3.76. The lowest BCUT2D eigenvalue weighted by atomic mass is 10.1. The second kappa shape index (κ2) is 6.50. The summed E-state index contributed by atoms with van der Waals surface area (Å²) in [5.74, 6) is -0.400. The Morgan fingerprint density at radius 1 is 1.28 bits per heavy atom.